The molecule has 7 nitrogen and oxygen atoms in total. The van der Waals surface area contributed by atoms with Crippen LogP contribution in [-0.4, -0.2) is 26.2 Å². The number of ether oxygens (including phenoxy) is 3. The number of rotatable bonds is 4. The standard InChI is InChI=1S/C16H16N2O5/c1-21-13-8-9(17)6-7-10(13)16(20)23-14-11(15(19)22-2)4-3-5-12(14)18/h3-8H,17-18H2,1-2H3. The smallest absolute Gasteiger partial charge is 0.347 e. The van der Waals surface area contributed by atoms with Crippen molar-refractivity contribution in [3.8, 4) is 11.5 Å². The van der Waals surface area contributed by atoms with Gasteiger partial charge in [0.25, 0.3) is 0 Å². The van der Waals surface area contributed by atoms with Crippen LogP contribution in [0.2, 0.25) is 0 Å². The monoisotopic (exact) mass is 316 g/mol. The fourth-order valence-electron chi connectivity index (χ4n) is 1.96. The van der Waals surface area contributed by atoms with Crippen LogP contribution in [0.5, 0.6) is 11.5 Å². The van der Waals surface area contributed by atoms with Crippen LogP contribution in [0.3, 0.4) is 0 Å². The highest BCUT2D eigenvalue weighted by molar-refractivity contribution is 5.99. The summed E-state index contributed by atoms with van der Waals surface area (Å²) in [6, 6.07) is 9.01. The van der Waals surface area contributed by atoms with Crippen molar-refractivity contribution in [3.63, 3.8) is 0 Å². The van der Waals surface area contributed by atoms with Gasteiger partial charge in [-0.05, 0) is 24.3 Å². The van der Waals surface area contributed by atoms with Crippen LogP contribution in [-0.2, 0) is 4.74 Å². The molecule has 0 radical (unpaired) electrons. The molecule has 0 fully saturated rings. The van der Waals surface area contributed by atoms with Gasteiger partial charge in [-0.25, -0.2) is 9.59 Å². The van der Waals surface area contributed by atoms with Gasteiger partial charge in [0.1, 0.15) is 16.9 Å². The molecule has 0 heterocycles. The minimum Gasteiger partial charge on any atom is -0.496 e. The van der Waals surface area contributed by atoms with Crippen LogP contribution in [0.1, 0.15) is 20.7 Å². The van der Waals surface area contributed by atoms with Crippen molar-refractivity contribution in [3.05, 3.63) is 47.5 Å². The second kappa shape index (κ2) is 6.69. The number of hydrogen-bond acceptors (Lipinski definition) is 7. The first kappa shape index (κ1) is 16.2. The molecule has 0 spiro atoms. The highest BCUT2D eigenvalue weighted by Gasteiger charge is 2.21. The van der Waals surface area contributed by atoms with Gasteiger partial charge in [-0.1, -0.05) is 6.07 Å². The van der Waals surface area contributed by atoms with Crippen LogP contribution in [0, 0.1) is 0 Å². The number of methoxy groups -OCH3 is 2. The first-order valence-corrected chi connectivity index (χ1v) is 6.60. The fraction of sp³-hybridized carbons (Fsp3) is 0.125. The van der Waals surface area contributed by atoms with Crippen molar-refractivity contribution in [1.29, 1.82) is 0 Å². The third kappa shape index (κ3) is 3.34. The van der Waals surface area contributed by atoms with Crippen molar-refractivity contribution < 1.29 is 23.8 Å². The van der Waals surface area contributed by atoms with Crippen molar-refractivity contribution in [2.24, 2.45) is 0 Å². The highest BCUT2D eigenvalue weighted by atomic mass is 16.5. The maximum Gasteiger partial charge on any atom is 0.347 e. The summed E-state index contributed by atoms with van der Waals surface area (Å²) in [5.41, 5.74) is 12.2. The number of nitrogens with two attached hydrogens (primary N) is 2. The molecular formula is C16H16N2O5. The lowest BCUT2D eigenvalue weighted by molar-refractivity contribution is 0.0593. The summed E-state index contributed by atoms with van der Waals surface area (Å²) >= 11 is 0. The Kier molecular flexibility index (Phi) is 4.70. The minimum absolute atomic E-state index is 0.0512. The van der Waals surface area contributed by atoms with Crippen LogP contribution < -0.4 is 20.9 Å². The van der Waals surface area contributed by atoms with E-state index in [-0.39, 0.29) is 28.3 Å². The fourth-order valence-corrected chi connectivity index (χ4v) is 1.96. The number of anilines is 2. The number of esters is 2. The second-order valence-corrected chi connectivity index (χ2v) is 4.56. The van der Waals surface area contributed by atoms with E-state index in [1.165, 1.54) is 44.6 Å². The lowest BCUT2D eigenvalue weighted by Gasteiger charge is -2.13. The summed E-state index contributed by atoms with van der Waals surface area (Å²) in [5, 5.41) is 0. The molecule has 0 bridgehead atoms. The lowest BCUT2D eigenvalue weighted by Crippen LogP contribution is -2.15. The average Bonchev–Trinajstić information content (AvgIpc) is 2.55. The lowest BCUT2D eigenvalue weighted by atomic mass is 10.1. The van der Waals surface area contributed by atoms with Gasteiger partial charge in [0, 0.05) is 11.8 Å². The summed E-state index contributed by atoms with van der Waals surface area (Å²) in [7, 11) is 2.63. The van der Waals surface area contributed by atoms with Crippen LogP contribution in [0.4, 0.5) is 11.4 Å². The number of hydrogen-bond donors (Lipinski definition) is 2. The zero-order valence-electron chi connectivity index (χ0n) is 12.7. The van der Waals surface area contributed by atoms with Crippen molar-refractivity contribution in [2.45, 2.75) is 0 Å². The summed E-state index contributed by atoms with van der Waals surface area (Å²) in [6.45, 7) is 0. The van der Waals surface area contributed by atoms with E-state index >= 15 is 0 Å². The maximum atomic E-state index is 12.4. The Labute approximate surface area is 132 Å². The summed E-state index contributed by atoms with van der Waals surface area (Å²) in [4.78, 5) is 24.1. The molecule has 2 aromatic rings. The van der Waals surface area contributed by atoms with E-state index in [0.29, 0.717) is 5.69 Å². The van der Waals surface area contributed by atoms with Gasteiger partial charge in [-0.15, -0.1) is 0 Å². The van der Waals surface area contributed by atoms with Crippen LogP contribution in [0.25, 0.3) is 0 Å². The van der Waals surface area contributed by atoms with Crippen LogP contribution >= 0.6 is 0 Å². The topological polar surface area (TPSA) is 114 Å². The zero-order chi connectivity index (χ0) is 17.0. The molecule has 0 aromatic heterocycles. The Morgan fingerprint density at radius 2 is 1.70 bits per heavy atom. The largest absolute Gasteiger partial charge is 0.496 e. The van der Waals surface area contributed by atoms with E-state index in [4.69, 9.17) is 20.9 Å². The first-order chi connectivity index (χ1) is 11.0. The quantitative estimate of drug-likeness (QED) is 0.502. The van der Waals surface area contributed by atoms with Gasteiger partial charge in [0.2, 0.25) is 0 Å². The van der Waals surface area contributed by atoms with Gasteiger partial charge in [-0.2, -0.15) is 0 Å². The van der Waals surface area contributed by atoms with E-state index in [9.17, 15) is 9.59 Å². The van der Waals surface area contributed by atoms with E-state index in [1.807, 2.05) is 0 Å². The number of benzene rings is 2. The van der Waals surface area contributed by atoms with E-state index in [1.54, 1.807) is 6.07 Å². The normalized spacial score (nSPS) is 10.0. The second-order valence-electron chi connectivity index (χ2n) is 4.56. The molecule has 0 aliphatic carbocycles. The third-order valence-electron chi connectivity index (χ3n) is 3.09. The molecule has 23 heavy (non-hydrogen) atoms. The molecule has 4 N–H and O–H groups in total. The highest BCUT2D eigenvalue weighted by Crippen LogP contribution is 2.29. The Bertz CT molecular complexity index is 758. The van der Waals surface area contributed by atoms with Gasteiger partial charge in [-0.3, -0.25) is 0 Å². The van der Waals surface area contributed by atoms with Crippen molar-refractivity contribution >= 4 is 23.3 Å². The number of carbonyl (C=O) groups excluding carboxylic acids is 2. The SMILES string of the molecule is COC(=O)c1cccc(N)c1OC(=O)c1ccc(N)cc1OC. The van der Waals surface area contributed by atoms with Gasteiger partial charge < -0.3 is 25.7 Å². The Balaban J connectivity index is 2.40. The minimum atomic E-state index is -0.732. The number of carbonyl (C=O) groups is 2. The molecule has 120 valence electrons. The molecule has 0 saturated carbocycles. The molecular weight excluding hydrogens is 300 g/mol. The maximum absolute atomic E-state index is 12.4. The Morgan fingerprint density at radius 1 is 0.957 bits per heavy atom. The average molecular weight is 316 g/mol. The molecule has 2 aromatic carbocycles. The molecule has 0 unspecified atom stereocenters. The molecule has 0 saturated heterocycles. The predicted octanol–water partition coefficient (Wildman–Crippen LogP) is 1.87. The zero-order valence-corrected chi connectivity index (χ0v) is 12.7. The summed E-state index contributed by atoms with van der Waals surface area (Å²) in [6.07, 6.45) is 0. The predicted molar refractivity (Wildman–Crippen MR) is 84.6 cm³/mol. The van der Waals surface area contributed by atoms with E-state index < -0.39 is 11.9 Å². The van der Waals surface area contributed by atoms with Gasteiger partial charge >= 0.3 is 11.9 Å². The molecule has 0 atom stereocenters. The van der Waals surface area contributed by atoms with E-state index in [0.717, 1.165) is 0 Å². The summed E-state index contributed by atoms with van der Waals surface area (Å²) in [5.74, 6) is -1.21. The molecule has 0 amide bonds. The van der Waals surface area contributed by atoms with E-state index in [2.05, 4.69) is 4.74 Å². The number of para-hydroxylation sites is 1. The van der Waals surface area contributed by atoms with Crippen molar-refractivity contribution in [1.82, 2.24) is 0 Å². The number of nitrogen functional groups attached to an aromatic ring is 2. The molecule has 2 rings (SSSR count). The third-order valence-corrected chi connectivity index (χ3v) is 3.09. The molecule has 7 heteroatoms. The molecule has 0 aliphatic rings. The van der Waals surface area contributed by atoms with Crippen LogP contribution in [0.15, 0.2) is 36.4 Å². The van der Waals surface area contributed by atoms with Gasteiger partial charge in [0.15, 0.2) is 5.75 Å². The summed E-state index contributed by atoms with van der Waals surface area (Å²) < 4.78 is 15.0. The molecule has 0 aliphatic heterocycles. The Hall–Kier alpha value is -3.22. The first-order valence-electron chi connectivity index (χ1n) is 6.60. The van der Waals surface area contributed by atoms with Gasteiger partial charge in [0.05, 0.1) is 19.9 Å². The van der Waals surface area contributed by atoms with Crippen molar-refractivity contribution in [2.75, 3.05) is 25.7 Å². The Morgan fingerprint density at radius 3 is 2.35 bits per heavy atom.